The number of benzene rings is 2. The molecule has 1 amide bonds. The van der Waals surface area contributed by atoms with Gasteiger partial charge in [0.1, 0.15) is 5.75 Å². The Balaban J connectivity index is 1.64. The molecular formula is C16H10F4N6O4S. The molecule has 1 aromatic heterocycles. The van der Waals surface area contributed by atoms with E-state index in [1.54, 1.807) is 0 Å². The van der Waals surface area contributed by atoms with Crippen LogP contribution in [0.5, 0.6) is 5.75 Å². The molecule has 2 aromatic carbocycles. The van der Waals surface area contributed by atoms with Gasteiger partial charge in [-0.05, 0) is 46.8 Å². The molecule has 1 N–H and O–H groups in total. The normalized spacial score (nSPS) is 11.2. The monoisotopic (exact) mass is 458 g/mol. The molecule has 0 spiro atoms. The van der Waals surface area contributed by atoms with E-state index in [1.165, 1.54) is 22.9 Å². The van der Waals surface area contributed by atoms with E-state index in [0.717, 1.165) is 36.0 Å². The number of hydrogen-bond donors (Lipinski definition) is 1. The van der Waals surface area contributed by atoms with Crippen LogP contribution in [0.4, 0.5) is 28.9 Å². The van der Waals surface area contributed by atoms with E-state index in [4.69, 9.17) is 0 Å². The van der Waals surface area contributed by atoms with E-state index >= 15 is 0 Å². The average molecular weight is 458 g/mol. The van der Waals surface area contributed by atoms with E-state index < -0.39 is 34.4 Å². The summed E-state index contributed by atoms with van der Waals surface area (Å²) in [5, 5.41) is 24.2. The van der Waals surface area contributed by atoms with E-state index in [0.29, 0.717) is 5.69 Å². The Labute approximate surface area is 174 Å². The number of alkyl halides is 3. The zero-order valence-electron chi connectivity index (χ0n) is 15.0. The minimum atomic E-state index is -4.82. The lowest BCUT2D eigenvalue weighted by Crippen LogP contribution is -2.17. The van der Waals surface area contributed by atoms with Crippen LogP contribution >= 0.6 is 11.8 Å². The van der Waals surface area contributed by atoms with Gasteiger partial charge in [0.25, 0.3) is 0 Å². The molecule has 10 nitrogen and oxygen atoms in total. The van der Waals surface area contributed by atoms with Crippen molar-refractivity contribution in [1.82, 2.24) is 20.2 Å². The molecule has 0 unspecified atom stereocenters. The fourth-order valence-electron chi connectivity index (χ4n) is 2.28. The molecule has 31 heavy (non-hydrogen) atoms. The summed E-state index contributed by atoms with van der Waals surface area (Å²) in [6.07, 6.45) is -4.82. The first kappa shape index (κ1) is 21.9. The summed E-state index contributed by atoms with van der Waals surface area (Å²) < 4.78 is 55.1. The average Bonchev–Trinajstić information content (AvgIpc) is 3.15. The Bertz CT molecular complexity index is 1110. The molecule has 1 heterocycles. The maximum absolute atomic E-state index is 13.4. The minimum absolute atomic E-state index is 0.0264. The number of nitrogens with zero attached hydrogens (tertiary/aromatic N) is 5. The van der Waals surface area contributed by atoms with E-state index in [-0.39, 0.29) is 16.6 Å². The molecule has 15 heteroatoms. The zero-order valence-corrected chi connectivity index (χ0v) is 15.9. The predicted molar refractivity (Wildman–Crippen MR) is 98.2 cm³/mol. The molecule has 0 fully saturated rings. The van der Waals surface area contributed by atoms with Crippen molar-refractivity contribution in [1.29, 1.82) is 0 Å². The van der Waals surface area contributed by atoms with Crippen molar-refractivity contribution in [2.75, 3.05) is 11.1 Å². The second-order valence-corrected chi connectivity index (χ2v) is 6.62. The fraction of sp³-hybridized carbons (Fsp3) is 0.125. The van der Waals surface area contributed by atoms with Crippen molar-refractivity contribution >= 4 is 29.0 Å². The van der Waals surface area contributed by atoms with Gasteiger partial charge in [0, 0.05) is 11.8 Å². The van der Waals surface area contributed by atoms with Crippen molar-refractivity contribution in [2.45, 2.75) is 11.5 Å². The minimum Gasteiger partial charge on any atom is -0.406 e. The number of rotatable bonds is 7. The smallest absolute Gasteiger partial charge is 0.406 e. The molecule has 0 atom stereocenters. The zero-order chi connectivity index (χ0) is 22.6. The molecule has 0 aliphatic heterocycles. The van der Waals surface area contributed by atoms with Crippen molar-refractivity contribution in [3.63, 3.8) is 0 Å². The van der Waals surface area contributed by atoms with Gasteiger partial charge in [-0.1, -0.05) is 11.8 Å². The van der Waals surface area contributed by atoms with Crippen LogP contribution in [0.2, 0.25) is 0 Å². The molecule has 0 aliphatic rings. The van der Waals surface area contributed by atoms with Crippen molar-refractivity contribution in [2.24, 2.45) is 0 Å². The van der Waals surface area contributed by atoms with Crippen LogP contribution in [0.3, 0.4) is 0 Å². The second kappa shape index (κ2) is 8.95. The quantitative estimate of drug-likeness (QED) is 0.247. The molecule has 0 saturated heterocycles. The first-order valence-corrected chi connectivity index (χ1v) is 9.12. The summed E-state index contributed by atoms with van der Waals surface area (Å²) in [4.78, 5) is 21.9. The van der Waals surface area contributed by atoms with Gasteiger partial charge >= 0.3 is 12.0 Å². The number of halogens is 4. The highest BCUT2D eigenvalue weighted by atomic mass is 32.2. The van der Waals surface area contributed by atoms with E-state index in [1.807, 2.05) is 0 Å². The molecule has 0 saturated carbocycles. The number of tetrazole rings is 1. The Kier molecular flexibility index (Phi) is 6.33. The number of carbonyl (C=O) groups is 1. The lowest BCUT2D eigenvalue weighted by atomic mass is 10.2. The lowest BCUT2D eigenvalue weighted by Gasteiger charge is -2.09. The maximum atomic E-state index is 13.4. The highest BCUT2D eigenvalue weighted by molar-refractivity contribution is 7.99. The van der Waals surface area contributed by atoms with Crippen LogP contribution in [0, 0.1) is 15.9 Å². The predicted octanol–water partition coefficient (Wildman–Crippen LogP) is 3.34. The number of nitro benzene ring substituents is 1. The van der Waals surface area contributed by atoms with Gasteiger partial charge in [-0.15, -0.1) is 18.3 Å². The molecule has 0 bridgehead atoms. The largest absolute Gasteiger partial charge is 0.573 e. The topological polar surface area (TPSA) is 125 Å². The molecule has 0 radical (unpaired) electrons. The highest BCUT2D eigenvalue weighted by Gasteiger charge is 2.31. The van der Waals surface area contributed by atoms with Crippen LogP contribution in [-0.4, -0.2) is 43.2 Å². The molecule has 3 rings (SSSR count). The van der Waals surface area contributed by atoms with Gasteiger partial charge in [0.05, 0.1) is 16.4 Å². The Hall–Kier alpha value is -3.75. The van der Waals surface area contributed by atoms with Crippen molar-refractivity contribution in [3.05, 3.63) is 58.4 Å². The Morgan fingerprint density at radius 2 is 1.94 bits per heavy atom. The summed E-state index contributed by atoms with van der Waals surface area (Å²) in [6.45, 7) is 0. The number of carbonyl (C=O) groups excluding carboxylic acids is 1. The molecular weight excluding hydrogens is 448 g/mol. The number of ether oxygens (including phenoxy) is 1. The van der Waals surface area contributed by atoms with Gasteiger partial charge in [-0.2, -0.15) is 9.07 Å². The fourth-order valence-corrected chi connectivity index (χ4v) is 2.97. The second-order valence-electron chi connectivity index (χ2n) is 5.68. The van der Waals surface area contributed by atoms with Crippen LogP contribution in [-0.2, 0) is 4.79 Å². The third-order valence-corrected chi connectivity index (χ3v) is 4.43. The van der Waals surface area contributed by atoms with Gasteiger partial charge < -0.3 is 10.1 Å². The van der Waals surface area contributed by atoms with E-state index in [9.17, 15) is 32.5 Å². The summed E-state index contributed by atoms with van der Waals surface area (Å²) in [6, 6.07) is 7.64. The summed E-state index contributed by atoms with van der Waals surface area (Å²) >= 11 is 0.899. The number of anilines is 1. The van der Waals surface area contributed by atoms with Crippen molar-refractivity contribution < 1.29 is 32.0 Å². The van der Waals surface area contributed by atoms with Crippen LogP contribution in [0.1, 0.15) is 0 Å². The third kappa shape index (κ3) is 5.88. The number of aromatic nitrogens is 4. The molecule has 0 aliphatic carbocycles. The number of nitro groups is 1. The number of amides is 1. The number of thioether (sulfide) groups is 1. The maximum Gasteiger partial charge on any atom is 0.573 e. The SMILES string of the molecule is O=C(CSc1nnnn1-c1ccc(OC(F)(F)F)cc1)Nc1ccc(F)c([N+](=O)[O-])c1. The summed E-state index contributed by atoms with van der Waals surface area (Å²) in [5.41, 5.74) is -0.442. The van der Waals surface area contributed by atoms with Crippen LogP contribution in [0.25, 0.3) is 5.69 Å². The van der Waals surface area contributed by atoms with Gasteiger partial charge in [0.15, 0.2) is 0 Å². The molecule has 162 valence electrons. The van der Waals surface area contributed by atoms with Crippen LogP contribution < -0.4 is 10.1 Å². The van der Waals surface area contributed by atoms with E-state index in [2.05, 4.69) is 25.6 Å². The molecule has 3 aromatic rings. The van der Waals surface area contributed by atoms with Crippen LogP contribution in [0.15, 0.2) is 47.6 Å². The first-order chi connectivity index (χ1) is 14.6. The standard InChI is InChI=1S/C16H10F4N6O4S/c17-12-6-1-9(7-13(12)26(28)29)21-14(27)8-31-15-22-23-24-25(15)10-2-4-11(5-3-10)30-16(18,19)20/h1-7H,8H2,(H,21,27). The first-order valence-electron chi connectivity index (χ1n) is 8.13. The van der Waals surface area contributed by atoms with Crippen molar-refractivity contribution in [3.8, 4) is 11.4 Å². The van der Waals surface area contributed by atoms with Gasteiger partial charge in [-0.3, -0.25) is 14.9 Å². The highest BCUT2D eigenvalue weighted by Crippen LogP contribution is 2.25. The number of hydrogen-bond acceptors (Lipinski definition) is 8. The Morgan fingerprint density at radius 1 is 1.23 bits per heavy atom. The lowest BCUT2D eigenvalue weighted by molar-refractivity contribution is -0.387. The van der Waals surface area contributed by atoms with Gasteiger partial charge in [0.2, 0.25) is 16.9 Å². The summed E-state index contributed by atoms with van der Waals surface area (Å²) in [7, 11) is 0. The Morgan fingerprint density at radius 3 is 2.58 bits per heavy atom. The summed E-state index contributed by atoms with van der Waals surface area (Å²) in [5.74, 6) is -2.25. The van der Waals surface area contributed by atoms with Gasteiger partial charge in [-0.25, -0.2) is 0 Å². The third-order valence-electron chi connectivity index (χ3n) is 3.51. The number of nitrogens with one attached hydrogen (secondary N) is 1.